The van der Waals surface area contributed by atoms with E-state index in [1.54, 1.807) is 11.8 Å². The predicted molar refractivity (Wildman–Crippen MR) is 86.4 cm³/mol. The second kappa shape index (κ2) is 6.89. The van der Waals surface area contributed by atoms with Gasteiger partial charge in [-0.25, -0.2) is 4.68 Å². The van der Waals surface area contributed by atoms with Crippen LogP contribution in [0.25, 0.3) is 0 Å². The van der Waals surface area contributed by atoms with E-state index in [9.17, 15) is 0 Å². The average Bonchev–Trinajstić information content (AvgIpc) is 3.13. The highest BCUT2D eigenvalue weighted by Gasteiger charge is 2.22. The number of hydrogen-bond acceptors (Lipinski definition) is 5. The van der Waals surface area contributed by atoms with Gasteiger partial charge in [-0.1, -0.05) is 28.8 Å². The van der Waals surface area contributed by atoms with Crippen LogP contribution in [0.1, 0.15) is 37.3 Å². The van der Waals surface area contributed by atoms with E-state index in [4.69, 9.17) is 0 Å². The fraction of sp³-hybridized carbons (Fsp3) is 0.500. The molecule has 1 N–H and O–H groups in total. The number of tetrazole rings is 1. The summed E-state index contributed by atoms with van der Waals surface area (Å²) in [4.78, 5) is 1.20. The van der Waals surface area contributed by atoms with E-state index >= 15 is 0 Å². The van der Waals surface area contributed by atoms with Gasteiger partial charge >= 0.3 is 0 Å². The lowest BCUT2D eigenvalue weighted by Crippen LogP contribution is -2.09. The lowest BCUT2D eigenvalue weighted by Gasteiger charge is -2.12. The SMILES string of the molecule is CNCc1cc(Br)ccc1Sc1nnnn1C1CCCC1. The number of halogens is 1. The van der Waals surface area contributed by atoms with E-state index in [1.807, 2.05) is 11.7 Å². The molecular formula is C14H18BrN5S. The molecule has 0 amide bonds. The molecule has 1 saturated carbocycles. The lowest BCUT2D eigenvalue weighted by atomic mass is 10.2. The smallest absolute Gasteiger partial charge is 0.214 e. The first kappa shape index (κ1) is 15.0. The molecule has 0 bridgehead atoms. The van der Waals surface area contributed by atoms with Gasteiger partial charge in [-0.05, 0) is 65.8 Å². The minimum atomic E-state index is 0.464. The topological polar surface area (TPSA) is 55.6 Å². The summed E-state index contributed by atoms with van der Waals surface area (Å²) < 4.78 is 3.09. The number of rotatable bonds is 5. The summed E-state index contributed by atoms with van der Waals surface area (Å²) in [6, 6.07) is 6.79. The summed E-state index contributed by atoms with van der Waals surface area (Å²) in [5.41, 5.74) is 1.25. The number of nitrogens with one attached hydrogen (secondary N) is 1. The Hall–Kier alpha value is -0.920. The minimum absolute atomic E-state index is 0.464. The molecule has 5 nitrogen and oxygen atoms in total. The fourth-order valence-corrected chi connectivity index (χ4v) is 4.07. The van der Waals surface area contributed by atoms with Gasteiger partial charge in [0.25, 0.3) is 0 Å². The predicted octanol–water partition coefficient (Wildman–Crippen LogP) is 3.42. The van der Waals surface area contributed by atoms with Crippen LogP contribution in [-0.2, 0) is 6.54 Å². The Labute approximate surface area is 137 Å². The van der Waals surface area contributed by atoms with Gasteiger partial charge in [-0.2, -0.15) is 0 Å². The molecule has 1 aromatic carbocycles. The van der Waals surface area contributed by atoms with Gasteiger partial charge in [0.15, 0.2) is 0 Å². The Morgan fingerprint density at radius 1 is 1.38 bits per heavy atom. The van der Waals surface area contributed by atoms with E-state index in [-0.39, 0.29) is 0 Å². The van der Waals surface area contributed by atoms with E-state index in [0.717, 1.165) is 16.2 Å². The van der Waals surface area contributed by atoms with Crippen LogP contribution < -0.4 is 5.32 Å². The molecule has 0 spiro atoms. The zero-order valence-electron chi connectivity index (χ0n) is 11.9. The van der Waals surface area contributed by atoms with E-state index in [2.05, 4.69) is 55.0 Å². The summed E-state index contributed by atoms with van der Waals surface area (Å²) in [6.07, 6.45) is 4.92. The molecule has 112 valence electrons. The summed E-state index contributed by atoms with van der Waals surface area (Å²) in [5.74, 6) is 0. The van der Waals surface area contributed by atoms with Crippen molar-refractivity contribution in [2.45, 2.75) is 48.3 Å². The van der Waals surface area contributed by atoms with Crippen LogP contribution in [0.15, 0.2) is 32.7 Å². The Kier molecular flexibility index (Phi) is 4.92. The van der Waals surface area contributed by atoms with Crippen LogP contribution in [-0.4, -0.2) is 27.3 Å². The second-order valence-electron chi connectivity index (χ2n) is 5.23. The normalized spacial score (nSPS) is 15.7. The molecule has 1 aliphatic carbocycles. The van der Waals surface area contributed by atoms with Crippen LogP contribution in [0.4, 0.5) is 0 Å². The third-order valence-corrected chi connectivity index (χ3v) is 5.29. The third-order valence-electron chi connectivity index (χ3n) is 3.72. The van der Waals surface area contributed by atoms with Gasteiger partial charge < -0.3 is 5.32 Å². The summed E-state index contributed by atoms with van der Waals surface area (Å²) in [7, 11) is 1.96. The van der Waals surface area contributed by atoms with Crippen molar-refractivity contribution in [1.82, 2.24) is 25.5 Å². The van der Waals surface area contributed by atoms with Crippen molar-refractivity contribution >= 4 is 27.7 Å². The highest BCUT2D eigenvalue weighted by Crippen LogP contribution is 2.35. The molecule has 0 saturated heterocycles. The Morgan fingerprint density at radius 3 is 2.95 bits per heavy atom. The Morgan fingerprint density at radius 2 is 2.19 bits per heavy atom. The molecule has 1 heterocycles. The van der Waals surface area contributed by atoms with Crippen molar-refractivity contribution in [1.29, 1.82) is 0 Å². The Bertz CT molecular complexity index is 609. The average molecular weight is 368 g/mol. The lowest BCUT2D eigenvalue weighted by molar-refractivity contribution is 0.423. The largest absolute Gasteiger partial charge is 0.316 e. The molecule has 2 aromatic rings. The molecular weight excluding hydrogens is 350 g/mol. The van der Waals surface area contributed by atoms with Crippen LogP contribution in [0.3, 0.4) is 0 Å². The van der Waals surface area contributed by atoms with Gasteiger partial charge in [-0.15, -0.1) is 5.10 Å². The molecule has 0 radical (unpaired) electrons. The first-order valence-electron chi connectivity index (χ1n) is 7.16. The van der Waals surface area contributed by atoms with Gasteiger partial charge in [0.05, 0.1) is 6.04 Å². The van der Waals surface area contributed by atoms with Crippen LogP contribution in [0.5, 0.6) is 0 Å². The quantitative estimate of drug-likeness (QED) is 0.877. The maximum Gasteiger partial charge on any atom is 0.214 e. The summed E-state index contributed by atoms with van der Waals surface area (Å²) >= 11 is 5.18. The number of aromatic nitrogens is 4. The van der Waals surface area contributed by atoms with Crippen molar-refractivity contribution in [2.24, 2.45) is 0 Å². The van der Waals surface area contributed by atoms with Crippen LogP contribution in [0, 0.1) is 0 Å². The van der Waals surface area contributed by atoms with Crippen molar-refractivity contribution in [3.63, 3.8) is 0 Å². The van der Waals surface area contributed by atoms with E-state index < -0.39 is 0 Å². The maximum atomic E-state index is 4.21. The molecule has 0 aliphatic heterocycles. The second-order valence-corrected chi connectivity index (χ2v) is 7.15. The van der Waals surface area contributed by atoms with Gasteiger partial charge in [0, 0.05) is 15.9 Å². The molecule has 0 unspecified atom stereocenters. The molecule has 21 heavy (non-hydrogen) atoms. The number of nitrogens with zero attached hydrogens (tertiary/aromatic N) is 4. The number of hydrogen-bond donors (Lipinski definition) is 1. The maximum absolute atomic E-state index is 4.21. The standard InChI is InChI=1S/C14H18BrN5S/c1-16-9-10-8-11(15)6-7-13(10)21-14-17-18-19-20(14)12-4-2-3-5-12/h6-8,12,16H,2-5,9H2,1H3. The zero-order chi connectivity index (χ0) is 14.7. The van der Waals surface area contributed by atoms with Crippen LogP contribution >= 0.6 is 27.7 Å². The van der Waals surface area contributed by atoms with Crippen molar-refractivity contribution in [3.05, 3.63) is 28.2 Å². The van der Waals surface area contributed by atoms with E-state index in [0.29, 0.717) is 6.04 Å². The molecule has 3 rings (SSSR count). The van der Waals surface area contributed by atoms with Gasteiger partial charge in [0.1, 0.15) is 0 Å². The summed E-state index contributed by atoms with van der Waals surface area (Å²) in [5, 5.41) is 16.4. The number of benzene rings is 1. The molecule has 0 atom stereocenters. The fourth-order valence-electron chi connectivity index (χ4n) is 2.71. The van der Waals surface area contributed by atoms with E-state index in [1.165, 1.54) is 36.1 Å². The molecule has 1 aliphatic rings. The van der Waals surface area contributed by atoms with Crippen molar-refractivity contribution in [3.8, 4) is 0 Å². The highest BCUT2D eigenvalue weighted by atomic mass is 79.9. The molecule has 1 aromatic heterocycles. The highest BCUT2D eigenvalue weighted by molar-refractivity contribution is 9.10. The first-order valence-corrected chi connectivity index (χ1v) is 8.77. The Balaban J connectivity index is 1.85. The van der Waals surface area contributed by atoms with Crippen molar-refractivity contribution in [2.75, 3.05) is 7.05 Å². The zero-order valence-corrected chi connectivity index (χ0v) is 14.3. The van der Waals surface area contributed by atoms with Crippen molar-refractivity contribution < 1.29 is 0 Å². The minimum Gasteiger partial charge on any atom is -0.316 e. The van der Waals surface area contributed by atoms with Gasteiger partial charge in [-0.3, -0.25) is 0 Å². The van der Waals surface area contributed by atoms with Crippen LogP contribution in [0.2, 0.25) is 0 Å². The molecule has 1 fully saturated rings. The van der Waals surface area contributed by atoms with Gasteiger partial charge in [0.2, 0.25) is 5.16 Å². The molecule has 7 heteroatoms. The summed E-state index contributed by atoms with van der Waals surface area (Å²) in [6.45, 7) is 0.826. The monoisotopic (exact) mass is 367 g/mol. The third kappa shape index (κ3) is 3.46. The first-order chi connectivity index (χ1) is 10.3.